The van der Waals surface area contributed by atoms with Gasteiger partial charge in [0.25, 0.3) is 5.91 Å². The van der Waals surface area contributed by atoms with Gasteiger partial charge in [0, 0.05) is 0 Å². The summed E-state index contributed by atoms with van der Waals surface area (Å²) in [6.45, 7) is 3.25. The molecule has 1 fully saturated rings. The van der Waals surface area contributed by atoms with Gasteiger partial charge in [0.2, 0.25) is 0 Å². The number of carbonyl (C=O) groups excluding carboxylic acids is 1. The highest BCUT2D eigenvalue weighted by Gasteiger charge is 2.24. The van der Waals surface area contributed by atoms with E-state index in [-0.39, 0.29) is 5.91 Å². The average molecular weight is 694 g/mol. The topological polar surface area (TPSA) is 69.2 Å². The maximum absolute atomic E-state index is 12.5. The van der Waals surface area contributed by atoms with Gasteiger partial charge in [-0.1, -0.05) is 54.6 Å². The van der Waals surface area contributed by atoms with Crippen molar-refractivity contribution >= 4 is 66.5 Å². The summed E-state index contributed by atoms with van der Waals surface area (Å²) in [7, 11) is 0. The van der Waals surface area contributed by atoms with Crippen LogP contribution in [-0.2, 0) is 18.0 Å². The van der Waals surface area contributed by atoms with Gasteiger partial charge in [-0.25, -0.2) is 4.99 Å². The molecule has 6 nitrogen and oxygen atoms in total. The van der Waals surface area contributed by atoms with E-state index in [0.717, 1.165) is 31.3 Å². The lowest BCUT2D eigenvalue weighted by Gasteiger charge is -2.15. The molecule has 41 heavy (non-hydrogen) atoms. The van der Waals surface area contributed by atoms with Gasteiger partial charge in [0.15, 0.2) is 16.7 Å². The highest BCUT2D eigenvalue weighted by molar-refractivity contribution is 9.11. The zero-order valence-electron chi connectivity index (χ0n) is 22.1. The molecule has 4 aromatic carbocycles. The summed E-state index contributed by atoms with van der Waals surface area (Å²) in [6, 6.07) is 29.2. The summed E-state index contributed by atoms with van der Waals surface area (Å²) in [5, 5.41) is 3.37. The van der Waals surface area contributed by atoms with Crippen molar-refractivity contribution in [1.29, 1.82) is 0 Å². The fraction of sp³-hybridized carbons (Fsp3) is 0.125. The first kappa shape index (κ1) is 29.0. The number of rotatable bonds is 10. The summed E-state index contributed by atoms with van der Waals surface area (Å²) in [5.74, 6) is 1.83. The van der Waals surface area contributed by atoms with E-state index in [0.29, 0.717) is 47.1 Å². The van der Waals surface area contributed by atoms with E-state index >= 15 is 0 Å². The van der Waals surface area contributed by atoms with Crippen LogP contribution in [0.1, 0.15) is 23.6 Å². The van der Waals surface area contributed by atoms with Gasteiger partial charge >= 0.3 is 0 Å². The lowest BCUT2D eigenvalue weighted by Crippen LogP contribution is -2.19. The summed E-state index contributed by atoms with van der Waals surface area (Å²) in [5.41, 5.74) is 3.65. The van der Waals surface area contributed by atoms with Crippen LogP contribution in [0.5, 0.6) is 17.2 Å². The summed E-state index contributed by atoms with van der Waals surface area (Å²) in [6.07, 6.45) is 1.83. The Balaban J connectivity index is 1.26. The minimum atomic E-state index is -0.182. The maximum atomic E-state index is 12.5. The molecule has 0 radical (unpaired) electrons. The van der Waals surface area contributed by atoms with Gasteiger partial charge < -0.3 is 19.5 Å². The fourth-order valence-corrected chi connectivity index (χ4v) is 6.27. The van der Waals surface area contributed by atoms with Crippen LogP contribution in [0, 0.1) is 0 Å². The molecule has 0 aliphatic carbocycles. The molecule has 5 rings (SSSR count). The lowest BCUT2D eigenvalue weighted by atomic mass is 10.2. The number of amidine groups is 1. The van der Waals surface area contributed by atoms with Crippen LogP contribution in [-0.4, -0.2) is 17.7 Å². The van der Waals surface area contributed by atoms with E-state index in [2.05, 4.69) is 42.2 Å². The molecule has 1 N–H and O–H groups in total. The van der Waals surface area contributed by atoms with Crippen LogP contribution >= 0.6 is 43.6 Å². The molecule has 1 amide bonds. The van der Waals surface area contributed by atoms with Crippen LogP contribution in [0.3, 0.4) is 0 Å². The first-order chi connectivity index (χ1) is 20.0. The molecule has 0 unspecified atom stereocenters. The Bertz CT molecular complexity index is 1570. The number of aliphatic imine (C=N–C) groups is 1. The number of benzene rings is 4. The third-order valence-corrected chi connectivity index (χ3v) is 7.97. The second-order valence-corrected chi connectivity index (χ2v) is 11.6. The van der Waals surface area contributed by atoms with Crippen molar-refractivity contribution in [3.8, 4) is 17.2 Å². The second kappa shape index (κ2) is 13.9. The normalized spacial score (nSPS) is 14.8. The molecular formula is C32H26Br2N2O4S. The molecule has 0 aromatic heterocycles. The van der Waals surface area contributed by atoms with E-state index in [4.69, 9.17) is 14.2 Å². The Kier molecular flexibility index (Phi) is 9.82. The quantitative estimate of drug-likeness (QED) is 0.168. The number of hydrogen-bond acceptors (Lipinski definition) is 6. The van der Waals surface area contributed by atoms with Crippen molar-refractivity contribution in [2.24, 2.45) is 4.99 Å². The minimum absolute atomic E-state index is 0.182. The number of carbonyl (C=O) groups is 1. The van der Waals surface area contributed by atoms with Crippen LogP contribution < -0.4 is 19.5 Å². The Hall–Kier alpha value is -3.53. The third-order valence-electron chi connectivity index (χ3n) is 5.88. The van der Waals surface area contributed by atoms with Crippen LogP contribution in [0.25, 0.3) is 6.08 Å². The molecular weight excluding hydrogens is 668 g/mol. The average Bonchev–Trinajstić information content (AvgIpc) is 3.31. The van der Waals surface area contributed by atoms with E-state index in [1.54, 1.807) is 0 Å². The smallest absolute Gasteiger partial charge is 0.264 e. The summed E-state index contributed by atoms with van der Waals surface area (Å²) < 4.78 is 19.6. The second-order valence-electron chi connectivity index (χ2n) is 8.91. The molecule has 208 valence electrons. The predicted molar refractivity (Wildman–Crippen MR) is 172 cm³/mol. The largest absolute Gasteiger partial charge is 0.490 e. The van der Waals surface area contributed by atoms with Crippen LogP contribution in [0.2, 0.25) is 0 Å². The molecule has 1 heterocycles. The highest BCUT2D eigenvalue weighted by Crippen LogP contribution is 2.38. The standard InChI is InChI=1S/C32H26Br2N2O4S/c1-2-38-28-17-22(13-14-27(28)39-19-21-9-5-3-6-10-21)20-40-30-25(33)15-23(16-26(30)34)18-29-31(37)36-32(41-29)35-24-11-7-4-8-12-24/h3-18H,2,19-20H2,1H3,(H,35,36,37)/b29-18+. The molecule has 0 bridgehead atoms. The predicted octanol–water partition coefficient (Wildman–Crippen LogP) is 8.66. The number of halogens is 2. The number of amides is 1. The number of para-hydroxylation sites is 1. The number of nitrogens with zero attached hydrogens (tertiary/aromatic N) is 1. The first-order valence-electron chi connectivity index (χ1n) is 12.9. The van der Waals surface area contributed by atoms with E-state index in [1.165, 1.54) is 11.8 Å². The number of nitrogens with one attached hydrogen (secondary N) is 1. The Labute approximate surface area is 260 Å². The van der Waals surface area contributed by atoms with Crippen molar-refractivity contribution in [2.75, 3.05) is 6.61 Å². The van der Waals surface area contributed by atoms with Crippen molar-refractivity contribution in [3.63, 3.8) is 0 Å². The van der Waals surface area contributed by atoms with Crippen molar-refractivity contribution in [3.05, 3.63) is 122 Å². The van der Waals surface area contributed by atoms with Crippen LogP contribution in [0.15, 0.2) is 110 Å². The SMILES string of the molecule is CCOc1cc(COc2c(Br)cc(/C=C3/SC(=Nc4ccccc4)NC3=O)cc2Br)ccc1OCc1ccccc1. The Morgan fingerprint density at radius 2 is 1.49 bits per heavy atom. The summed E-state index contributed by atoms with van der Waals surface area (Å²) in [4.78, 5) is 17.6. The monoisotopic (exact) mass is 692 g/mol. The molecule has 4 aromatic rings. The van der Waals surface area contributed by atoms with Gasteiger partial charge in [0.05, 0.1) is 26.1 Å². The number of hydrogen-bond donors (Lipinski definition) is 1. The number of ether oxygens (including phenoxy) is 3. The zero-order valence-corrected chi connectivity index (χ0v) is 26.1. The molecule has 9 heteroatoms. The van der Waals surface area contributed by atoms with E-state index in [1.807, 2.05) is 104 Å². The van der Waals surface area contributed by atoms with Crippen molar-refractivity contribution < 1.29 is 19.0 Å². The van der Waals surface area contributed by atoms with Gasteiger partial charge in [-0.3, -0.25) is 4.79 Å². The van der Waals surface area contributed by atoms with Crippen molar-refractivity contribution in [1.82, 2.24) is 5.32 Å². The van der Waals surface area contributed by atoms with Crippen molar-refractivity contribution in [2.45, 2.75) is 20.1 Å². The van der Waals surface area contributed by atoms with E-state index < -0.39 is 0 Å². The Morgan fingerprint density at radius 3 is 2.20 bits per heavy atom. The van der Waals surface area contributed by atoms with Gasteiger partial charge in [-0.2, -0.15) is 0 Å². The maximum Gasteiger partial charge on any atom is 0.264 e. The zero-order chi connectivity index (χ0) is 28.6. The molecule has 1 saturated heterocycles. The molecule has 0 atom stereocenters. The molecule has 0 saturated carbocycles. The minimum Gasteiger partial charge on any atom is -0.490 e. The van der Waals surface area contributed by atoms with Gasteiger partial charge in [-0.05, 0) is 110 Å². The molecule has 1 aliphatic rings. The number of thioether (sulfide) groups is 1. The molecule has 0 spiro atoms. The highest BCUT2D eigenvalue weighted by atomic mass is 79.9. The van der Waals surface area contributed by atoms with Gasteiger partial charge in [0.1, 0.15) is 19.0 Å². The lowest BCUT2D eigenvalue weighted by molar-refractivity contribution is -0.115. The van der Waals surface area contributed by atoms with E-state index in [9.17, 15) is 4.79 Å². The summed E-state index contributed by atoms with van der Waals surface area (Å²) >= 11 is 8.56. The van der Waals surface area contributed by atoms with Gasteiger partial charge in [-0.15, -0.1) is 0 Å². The molecule has 1 aliphatic heterocycles. The third kappa shape index (κ3) is 7.81. The van der Waals surface area contributed by atoms with Crippen LogP contribution in [0.4, 0.5) is 5.69 Å². The Morgan fingerprint density at radius 1 is 0.805 bits per heavy atom. The first-order valence-corrected chi connectivity index (χ1v) is 15.3. The fourth-order valence-electron chi connectivity index (χ4n) is 3.97.